The van der Waals surface area contributed by atoms with Crippen molar-refractivity contribution in [1.29, 1.82) is 0 Å². The molecule has 0 aromatic carbocycles. The van der Waals surface area contributed by atoms with E-state index in [1.54, 1.807) is 25.3 Å². The van der Waals surface area contributed by atoms with Crippen molar-refractivity contribution >= 4 is 17.1 Å². The van der Waals surface area contributed by atoms with Gasteiger partial charge in [0.25, 0.3) is 5.88 Å². The zero-order valence-electron chi connectivity index (χ0n) is 16.0. The first-order valence-electron chi connectivity index (χ1n) is 8.74. The van der Waals surface area contributed by atoms with Gasteiger partial charge < -0.3 is 23.5 Å². The Balaban J connectivity index is 1.80. The van der Waals surface area contributed by atoms with Crippen LogP contribution in [0.25, 0.3) is 11.0 Å². The van der Waals surface area contributed by atoms with Crippen LogP contribution >= 0.6 is 0 Å². The number of amides is 1. The number of likely N-dealkylation sites (tertiary alicyclic amines) is 1. The van der Waals surface area contributed by atoms with E-state index in [1.165, 1.54) is 0 Å². The Morgan fingerprint density at radius 1 is 1.27 bits per heavy atom. The monoisotopic (exact) mass is 362 g/mol. The van der Waals surface area contributed by atoms with Crippen LogP contribution in [0, 0.1) is 0 Å². The lowest BCUT2D eigenvalue weighted by Gasteiger charge is -2.39. The second-order valence-corrected chi connectivity index (χ2v) is 7.52. The summed E-state index contributed by atoms with van der Waals surface area (Å²) in [6.07, 6.45) is 2.64. The molecule has 2 aromatic heterocycles. The Morgan fingerprint density at radius 2 is 1.96 bits per heavy atom. The van der Waals surface area contributed by atoms with Crippen molar-refractivity contribution in [3.8, 4) is 5.88 Å². The number of furan rings is 1. The van der Waals surface area contributed by atoms with Crippen molar-refractivity contribution < 1.29 is 23.4 Å². The first-order valence-corrected chi connectivity index (χ1v) is 8.74. The van der Waals surface area contributed by atoms with Gasteiger partial charge in [-0.1, -0.05) is 0 Å². The topological polar surface area (TPSA) is 74.0 Å². The van der Waals surface area contributed by atoms with Crippen LogP contribution in [-0.2, 0) is 15.1 Å². The second kappa shape index (κ2) is 6.79. The third-order valence-corrected chi connectivity index (χ3v) is 4.66. The summed E-state index contributed by atoms with van der Waals surface area (Å²) >= 11 is 0. The van der Waals surface area contributed by atoms with E-state index in [4.69, 9.17) is 18.6 Å². The van der Waals surface area contributed by atoms with Gasteiger partial charge in [-0.05, 0) is 32.9 Å². The number of pyridine rings is 1. The van der Waals surface area contributed by atoms with Crippen molar-refractivity contribution in [1.82, 2.24) is 9.88 Å². The second-order valence-electron chi connectivity index (χ2n) is 7.52. The molecule has 0 N–H and O–H groups in total. The molecule has 0 atom stereocenters. The van der Waals surface area contributed by atoms with Crippen molar-refractivity contribution in [2.75, 3.05) is 27.3 Å². The van der Waals surface area contributed by atoms with Gasteiger partial charge >= 0.3 is 6.09 Å². The third kappa shape index (κ3) is 3.49. The number of carbonyl (C=O) groups excluding carboxylic acids is 1. The molecule has 1 aliphatic heterocycles. The number of fused-ring (bicyclic) bond motifs is 1. The maximum Gasteiger partial charge on any atom is 0.410 e. The van der Waals surface area contributed by atoms with Crippen molar-refractivity contribution in [3.05, 3.63) is 24.1 Å². The fourth-order valence-electron chi connectivity index (χ4n) is 3.24. The largest absolute Gasteiger partial charge is 0.478 e. The number of piperidine rings is 1. The Morgan fingerprint density at radius 3 is 2.54 bits per heavy atom. The average molecular weight is 362 g/mol. The van der Waals surface area contributed by atoms with E-state index in [2.05, 4.69) is 4.98 Å². The lowest BCUT2D eigenvalue weighted by atomic mass is 9.88. The Bertz CT molecular complexity index is 785. The minimum atomic E-state index is -0.581. The minimum absolute atomic E-state index is 0.294. The number of aromatic nitrogens is 1. The highest BCUT2D eigenvalue weighted by atomic mass is 16.6. The fourth-order valence-corrected chi connectivity index (χ4v) is 3.24. The molecule has 0 spiro atoms. The Labute approximate surface area is 153 Å². The van der Waals surface area contributed by atoms with Gasteiger partial charge in [0.1, 0.15) is 17.0 Å². The highest BCUT2D eigenvalue weighted by Crippen LogP contribution is 2.40. The highest BCUT2D eigenvalue weighted by Gasteiger charge is 2.41. The summed E-state index contributed by atoms with van der Waals surface area (Å²) in [6.45, 7) is 6.67. The van der Waals surface area contributed by atoms with Gasteiger partial charge in [0.2, 0.25) is 0 Å². The van der Waals surface area contributed by atoms with E-state index in [-0.39, 0.29) is 6.09 Å². The van der Waals surface area contributed by atoms with E-state index >= 15 is 0 Å². The molecular weight excluding hydrogens is 336 g/mol. The average Bonchev–Trinajstić information content (AvgIpc) is 3.05. The molecule has 7 nitrogen and oxygen atoms in total. The number of nitrogens with zero attached hydrogens (tertiary/aromatic N) is 2. The molecule has 7 heteroatoms. The van der Waals surface area contributed by atoms with Crippen LogP contribution in [0.4, 0.5) is 4.79 Å². The van der Waals surface area contributed by atoms with Gasteiger partial charge in [-0.25, -0.2) is 9.78 Å². The standard InChI is InChI=1S/C19H26N2O5/c1-18(2,3)26-17(22)21-10-7-19(24-5,8-11-21)14-12-13-6-9-20-16(23-4)15(13)25-14/h6,9,12H,7-8,10-11H2,1-5H3. The van der Waals surface area contributed by atoms with Gasteiger partial charge in [-0.3, -0.25) is 0 Å². The molecule has 3 heterocycles. The smallest absolute Gasteiger partial charge is 0.410 e. The molecule has 1 saturated heterocycles. The molecule has 0 aliphatic carbocycles. The molecule has 0 radical (unpaired) electrons. The maximum absolute atomic E-state index is 12.3. The number of ether oxygens (including phenoxy) is 3. The highest BCUT2D eigenvalue weighted by molar-refractivity contribution is 5.82. The molecule has 1 fully saturated rings. The maximum atomic E-state index is 12.3. The van der Waals surface area contributed by atoms with E-state index in [9.17, 15) is 4.79 Å². The van der Waals surface area contributed by atoms with Gasteiger partial charge in [-0.2, -0.15) is 0 Å². The van der Waals surface area contributed by atoms with Gasteiger partial charge in [0.15, 0.2) is 5.58 Å². The summed E-state index contributed by atoms with van der Waals surface area (Å²) in [5.41, 5.74) is -0.478. The predicted molar refractivity (Wildman–Crippen MR) is 96.3 cm³/mol. The van der Waals surface area contributed by atoms with E-state index in [0.717, 1.165) is 11.1 Å². The number of methoxy groups -OCH3 is 2. The van der Waals surface area contributed by atoms with Crippen LogP contribution in [-0.4, -0.2) is 48.9 Å². The van der Waals surface area contributed by atoms with E-state index < -0.39 is 11.2 Å². The first-order chi connectivity index (χ1) is 12.3. The summed E-state index contributed by atoms with van der Waals surface area (Å²) in [7, 11) is 3.24. The molecule has 142 valence electrons. The molecule has 2 aromatic rings. The van der Waals surface area contributed by atoms with Crippen LogP contribution in [0.1, 0.15) is 39.4 Å². The zero-order valence-corrected chi connectivity index (χ0v) is 16.0. The SMILES string of the molecule is COc1nccc2cc(C3(OC)CCN(C(=O)OC(C)(C)C)CC3)oc12. The lowest BCUT2D eigenvalue weighted by molar-refractivity contribution is -0.0769. The summed E-state index contributed by atoms with van der Waals surface area (Å²) < 4.78 is 22.7. The van der Waals surface area contributed by atoms with E-state index in [0.29, 0.717) is 37.4 Å². The Hall–Kier alpha value is -2.28. The van der Waals surface area contributed by atoms with Crippen LogP contribution in [0.3, 0.4) is 0 Å². The zero-order chi connectivity index (χ0) is 18.9. The number of hydrogen-bond donors (Lipinski definition) is 0. The van der Waals surface area contributed by atoms with Crippen LogP contribution < -0.4 is 4.74 Å². The van der Waals surface area contributed by atoms with Crippen LogP contribution in [0.5, 0.6) is 5.88 Å². The molecule has 0 saturated carbocycles. The normalized spacial score (nSPS) is 17.3. The number of hydrogen-bond acceptors (Lipinski definition) is 6. The molecule has 1 aliphatic rings. The minimum Gasteiger partial charge on any atom is -0.478 e. The summed E-state index contributed by atoms with van der Waals surface area (Å²) in [4.78, 5) is 18.2. The fraction of sp³-hybridized carbons (Fsp3) is 0.579. The van der Waals surface area contributed by atoms with Crippen LogP contribution in [0.15, 0.2) is 22.7 Å². The number of carbonyl (C=O) groups is 1. The first kappa shape index (κ1) is 18.5. The molecule has 1 amide bonds. The summed E-state index contributed by atoms with van der Waals surface area (Å²) in [5.74, 6) is 1.18. The summed E-state index contributed by atoms with van der Waals surface area (Å²) in [5, 5.41) is 0.915. The Kier molecular flexibility index (Phi) is 4.84. The molecule has 26 heavy (non-hydrogen) atoms. The lowest BCUT2D eigenvalue weighted by Crippen LogP contribution is -2.47. The predicted octanol–water partition coefficient (Wildman–Crippen LogP) is 3.71. The molecule has 0 bridgehead atoms. The van der Waals surface area contributed by atoms with Gasteiger partial charge in [0.05, 0.1) is 7.11 Å². The van der Waals surface area contributed by atoms with Crippen molar-refractivity contribution in [3.63, 3.8) is 0 Å². The quantitative estimate of drug-likeness (QED) is 0.829. The van der Waals surface area contributed by atoms with Crippen molar-refractivity contribution in [2.24, 2.45) is 0 Å². The third-order valence-electron chi connectivity index (χ3n) is 4.66. The molecule has 3 rings (SSSR count). The number of rotatable bonds is 3. The molecule has 0 unspecified atom stereocenters. The summed E-state index contributed by atoms with van der Waals surface area (Å²) in [6, 6.07) is 3.84. The van der Waals surface area contributed by atoms with Crippen LogP contribution in [0.2, 0.25) is 0 Å². The van der Waals surface area contributed by atoms with Gasteiger partial charge in [-0.15, -0.1) is 0 Å². The van der Waals surface area contributed by atoms with Crippen molar-refractivity contribution in [2.45, 2.75) is 44.8 Å². The van der Waals surface area contributed by atoms with Gasteiger partial charge in [0, 0.05) is 44.6 Å². The molecular formula is C19H26N2O5. The van der Waals surface area contributed by atoms with E-state index in [1.807, 2.05) is 32.9 Å².